The van der Waals surface area contributed by atoms with Crippen molar-refractivity contribution in [2.75, 3.05) is 6.61 Å². The summed E-state index contributed by atoms with van der Waals surface area (Å²) in [5, 5.41) is 8.66. The maximum Gasteiger partial charge on any atom is 0.200 e. The molecule has 3 nitrogen and oxygen atoms in total. The molecule has 0 heterocycles. The molecule has 18 heavy (non-hydrogen) atoms. The van der Waals surface area contributed by atoms with Gasteiger partial charge in [-0.3, -0.25) is 4.79 Å². The minimum Gasteiger partial charge on any atom is -0.485 e. The molecule has 0 atom stereocenters. The van der Waals surface area contributed by atoms with E-state index in [4.69, 9.17) is 10.00 Å². The van der Waals surface area contributed by atoms with Crippen molar-refractivity contribution in [2.24, 2.45) is 0 Å². The number of carbonyl (C=O) groups is 1. The lowest BCUT2D eigenvalue weighted by atomic mass is 10.1. The minimum atomic E-state index is -0.108. The third-order valence-electron chi connectivity index (χ3n) is 2.45. The second kappa shape index (κ2) is 5.65. The van der Waals surface area contributed by atoms with Crippen LogP contribution in [0.5, 0.6) is 5.75 Å². The molecule has 0 fully saturated rings. The standard InChI is InChI=1S/C15H11NO2/c16-10-12-6-8-13(9-7-12)15(17)11-18-14-4-2-1-3-5-14/h1-9H,11H2. The summed E-state index contributed by atoms with van der Waals surface area (Å²) in [6, 6.07) is 17.7. The monoisotopic (exact) mass is 237 g/mol. The Balaban J connectivity index is 1.98. The number of hydrogen-bond donors (Lipinski definition) is 0. The van der Waals surface area contributed by atoms with Gasteiger partial charge in [-0.1, -0.05) is 18.2 Å². The molecule has 0 unspecified atom stereocenters. The Morgan fingerprint density at radius 1 is 1.06 bits per heavy atom. The van der Waals surface area contributed by atoms with Crippen LogP contribution in [0, 0.1) is 11.3 Å². The molecule has 0 N–H and O–H groups in total. The van der Waals surface area contributed by atoms with E-state index in [-0.39, 0.29) is 12.4 Å². The van der Waals surface area contributed by atoms with Gasteiger partial charge in [0.2, 0.25) is 0 Å². The SMILES string of the molecule is N#Cc1ccc(C(=O)COc2ccccc2)cc1. The highest BCUT2D eigenvalue weighted by molar-refractivity contribution is 5.97. The van der Waals surface area contributed by atoms with Gasteiger partial charge in [-0.25, -0.2) is 0 Å². The Labute approximate surface area is 105 Å². The zero-order valence-electron chi connectivity index (χ0n) is 9.67. The van der Waals surface area contributed by atoms with Crippen LogP contribution >= 0.6 is 0 Å². The fourth-order valence-electron chi connectivity index (χ4n) is 1.48. The molecule has 0 saturated heterocycles. The number of carbonyl (C=O) groups excluding carboxylic acids is 1. The number of para-hydroxylation sites is 1. The van der Waals surface area contributed by atoms with Crippen LogP contribution in [0.1, 0.15) is 15.9 Å². The largest absolute Gasteiger partial charge is 0.485 e. The van der Waals surface area contributed by atoms with Gasteiger partial charge < -0.3 is 4.74 Å². The van der Waals surface area contributed by atoms with Crippen LogP contribution in [0.25, 0.3) is 0 Å². The summed E-state index contributed by atoms with van der Waals surface area (Å²) < 4.78 is 5.36. The van der Waals surface area contributed by atoms with Crippen molar-refractivity contribution in [1.29, 1.82) is 5.26 Å². The highest BCUT2D eigenvalue weighted by Crippen LogP contribution is 2.10. The minimum absolute atomic E-state index is 0.00405. The topological polar surface area (TPSA) is 50.1 Å². The van der Waals surface area contributed by atoms with Gasteiger partial charge in [0, 0.05) is 5.56 Å². The first-order valence-corrected chi connectivity index (χ1v) is 5.51. The quantitative estimate of drug-likeness (QED) is 0.768. The van der Waals surface area contributed by atoms with Crippen LogP contribution in [0.15, 0.2) is 54.6 Å². The molecule has 0 saturated carbocycles. The van der Waals surface area contributed by atoms with Gasteiger partial charge in [0.1, 0.15) is 5.75 Å². The average molecular weight is 237 g/mol. The van der Waals surface area contributed by atoms with E-state index in [1.54, 1.807) is 36.4 Å². The molecule has 0 aliphatic carbocycles. The number of ether oxygens (including phenoxy) is 1. The highest BCUT2D eigenvalue weighted by atomic mass is 16.5. The molecule has 3 heteroatoms. The predicted octanol–water partition coefficient (Wildman–Crippen LogP) is 2.82. The van der Waals surface area contributed by atoms with E-state index in [2.05, 4.69) is 0 Å². The van der Waals surface area contributed by atoms with E-state index in [1.165, 1.54) is 0 Å². The van der Waals surface area contributed by atoms with Gasteiger partial charge in [0.15, 0.2) is 12.4 Å². The van der Waals surface area contributed by atoms with Gasteiger partial charge in [-0.15, -0.1) is 0 Å². The molecule has 0 aromatic heterocycles. The van der Waals surface area contributed by atoms with Crippen molar-refractivity contribution in [1.82, 2.24) is 0 Å². The lowest BCUT2D eigenvalue weighted by Crippen LogP contribution is -2.11. The third kappa shape index (κ3) is 2.96. The lowest BCUT2D eigenvalue weighted by Gasteiger charge is -2.05. The Morgan fingerprint density at radius 2 is 1.72 bits per heavy atom. The van der Waals surface area contributed by atoms with Crippen LogP contribution in [-0.4, -0.2) is 12.4 Å². The van der Waals surface area contributed by atoms with Crippen LogP contribution in [-0.2, 0) is 0 Å². The predicted molar refractivity (Wildman–Crippen MR) is 67.4 cm³/mol. The smallest absolute Gasteiger partial charge is 0.200 e. The fourth-order valence-corrected chi connectivity index (χ4v) is 1.48. The number of Topliss-reactive ketones (excluding diaryl/α,β-unsaturated/α-hetero) is 1. The summed E-state index contributed by atoms with van der Waals surface area (Å²) in [6.07, 6.45) is 0. The normalized spacial score (nSPS) is 9.50. The van der Waals surface area contributed by atoms with Gasteiger partial charge in [0.25, 0.3) is 0 Å². The number of nitrogens with zero attached hydrogens (tertiary/aromatic N) is 1. The Hall–Kier alpha value is -2.60. The van der Waals surface area contributed by atoms with Crippen molar-refractivity contribution in [3.05, 3.63) is 65.7 Å². The Morgan fingerprint density at radius 3 is 2.33 bits per heavy atom. The van der Waals surface area contributed by atoms with E-state index < -0.39 is 0 Å². The van der Waals surface area contributed by atoms with Gasteiger partial charge in [-0.05, 0) is 36.4 Å². The average Bonchev–Trinajstić information content (AvgIpc) is 2.46. The van der Waals surface area contributed by atoms with Gasteiger partial charge in [-0.2, -0.15) is 5.26 Å². The summed E-state index contributed by atoms with van der Waals surface area (Å²) >= 11 is 0. The third-order valence-corrected chi connectivity index (χ3v) is 2.45. The first kappa shape index (κ1) is 11.9. The fraction of sp³-hybridized carbons (Fsp3) is 0.0667. The van der Waals surface area contributed by atoms with Crippen LogP contribution < -0.4 is 4.74 Å². The Kier molecular flexibility index (Phi) is 3.72. The van der Waals surface area contributed by atoms with Crippen molar-refractivity contribution in [3.8, 4) is 11.8 Å². The van der Waals surface area contributed by atoms with Gasteiger partial charge in [0.05, 0.1) is 11.6 Å². The van der Waals surface area contributed by atoms with Gasteiger partial charge >= 0.3 is 0 Å². The molecule has 2 aromatic rings. The Bertz CT molecular complexity index is 568. The van der Waals surface area contributed by atoms with Crippen molar-refractivity contribution in [2.45, 2.75) is 0 Å². The molecule has 0 radical (unpaired) electrons. The molecular weight excluding hydrogens is 226 g/mol. The number of nitriles is 1. The first-order chi connectivity index (χ1) is 8.79. The van der Waals surface area contributed by atoms with Crippen molar-refractivity contribution in [3.63, 3.8) is 0 Å². The van der Waals surface area contributed by atoms with Crippen LogP contribution in [0.3, 0.4) is 0 Å². The lowest BCUT2D eigenvalue weighted by molar-refractivity contribution is 0.0921. The number of ketones is 1. The summed E-state index contributed by atoms with van der Waals surface area (Å²) in [5.74, 6) is 0.558. The maximum absolute atomic E-state index is 11.8. The molecule has 0 amide bonds. The maximum atomic E-state index is 11.8. The molecule has 2 aromatic carbocycles. The summed E-state index contributed by atoms with van der Waals surface area (Å²) in [4.78, 5) is 11.8. The van der Waals surface area contributed by atoms with Crippen molar-refractivity contribution < 1.29 is 9.53 Å². The number of benzene rings is 2. The van der Waals surface area contributed by atoms with Crippen molar-refractivity contribution >= 4 is 5.78 Å². The first-order valence-electron chi connectivity index (χ1n) is 5.51. The molecular formula is C15H11NO2. The summed E-state index contributed by atoms with van der Waals surface area (Å²) in [6.45, 7) is -0.00405. The summed E-state index contributed by atoms with van der Waals surface area (Å²) in [7, 11) is 0. The molecule has 0 bridgehead atoms. The molecule has 88 valence electrons. The molecule has 0 aliphatic rings. The number of hydrogen-bond acceptors (Lipinski definition) is 3. The van der Waals surface area contributed by atoms with E-state index >= 15 is 0 Å². The zero-order valence-corrected chi connectivity index (χ0v) is 9.67. The van der Waals surface area contributed by atoms with E-state index in [9.17, 15) is 4.79 Å². The van der Waals surface area contributed by atoms with E-state index in [1.807, 2.05) is 24.3 Å². The zero-order chi connectivity index (χ0) is 12.8. The molecule has 2 rings (SSSR count). The second-order valence-electron chi connectivity index (χ2n) is 3.71. The highest BCUT2D eigenvalue weighted by Gasteiger charge is 2.06. The van der Waals surface area contributed by atoms with Crippen LogP contribution in [0.2, 0.25) is 0 Å². The summed E-state index contributed by atoms with van der Waals surface area (Å²) in [5.41, 5.74) is 1.08. The van der Waals surface area contributed by atoms with E-state index in [0.717, 1.165) is 0 Å². The molecule has 0 aliphatic heterocycles. The van der Waals surface area contributed by atoms with Crippen LogP contribution in [0.4, 0.5) is 0 Å². The molecule has 0 spiro atoms. The number of rotatable bonds is 4. The van der Waals surface area contributed by atoms with E-state index in [0.29, 0.717) is 16.9 Å². The second-order valence-corrected chi connectivity index (χ2v) is 3.71.